The van der Waals surface area contributed by atoms with E-state index in [1.807, 2.05) is 0 Å². The average Bonchev–Trinajstić information content (AvgIpc) is 2.70. The summed E-state index contributed by atoms with van der Waals surface area (Å²) in [5.41, 5.74) is 0. The largest absolute Gasteiger partial charge is 0.499 e. The van der Waals surface area contributed by atoms with Gasteiger partial charge in [0, 0.05) is 12.5 Å². The van der Waals surface area contributed by atoms with Crippen LogP contribution in [0.15, 0.2) is 11.8 Å². The zero-order chi connectivity index (χ0) is 17.8. The number of carbonyl (C=O) groups excluding carboxylic acids is 2. The highest BCUT2D eigenvalue weighted by atomic mass is 35.6. The fourth-order valence-corrected chi connectivity index (χ4v) is 2.92. The summed E-state index contributed by atoms with van der Waals surface area (Å²) in [6, 6.07) is -0.594. The quantitative estimate of drug-likeness (QED) is 0.544. The summed E-state index contributed by atoms with van der Waals surface area (Å²) in [4.78, 5) is 25.5. The topological polar surface area (TPSA) is 46.6 Å². The minimum Gasteiger partial charge on any atom is -0.499 e. The van der Waals surface area contributed by atoms with Crippen LogP contribution in [0, 0.1) is 0 Å². The summed E-state index contributed by atoms with van der Waals surface area (Å²) in [7, 11) is 1.41. The van der Waals surface area contributed by atoms with Crippen LogP contribution >= 0.6 is 69.6 Å². The molecule has 0 N–H and O–H groups in total. The Morgan fingerprint density at radius 1 is 1.17 bits per heavy atom. The maximum absolute atomic E-state index is 12.3. The molecule has 0 saturated heterocycles. The van der Waals surface area contributed by atoms with Crippen molar-refractivity contribution in [2.75, 3.05) is 7.11 Å². The van der Waals surface area contributed by atoms with E-state index >= 15 is 0 Å². The molecule has 0 aromatic heterocycles. The zero-order valence-corrected chi connectivity index (χ0v) is 16.7. The number of imide groups is 1. The second-order valence-corrected chi connectivity index (χ2v) is 10.0. The molecule has 10 heteroatoms. The van der Waals surface area contributed by atoms with Crippen LogP contribution in [-0.4, -0.2) is 37.5 Å². The molecule has 0 spiro atoms. The first-order chi connectivity index (χ1) is 10.4. The highest BCUT2D eigenvalue weighted by Crippen LogP contribution is 2.36. The number of methoxy groups -OCH3 is 1. The number of carbonyl (C=O) groups is 2. The maximum atomic E-state index is 12.3. The van der Waals surface area contributed by atoms with E-state index in [1.54, 1.807) is 0 Å². The van der Waals surface area contributed by atoms with Gasteiger partial charge in [-0.2, -0.15) is 0 Å². The third kappa shape index (κ3) is 7.45. The molecule has 23 heavy (non-hydrogen) atoms. The van der Waals surface area contributed by atoms with Crippen LogP contribution in [0.3, 0.4) is 0 Å². The average molecular weight is 446 g/mol. The van der Waals surface area contributed by atoms with Crippen molar-refractivity contribution in [1.29, 1.82) is 0 Å². The molecule has 0 radical (unpaired) electrons. The summed E-state index contributed by atoms with van der Waals surface area (Å²) < 4.78 is 2.24. The SMILES string of the molecule is COC1=CC(=O)N(C(=O)CCCC(Cl)(Cl)Cl)[C@@H]1CCC(Cl)(Cl)Cl. The molecule has 1 aliphatic rings. The van der Waals surface area contributed by atoms with E-state index < -0.39 is 19.5 Å². The Kier molecular flexibility index (Phi) is 8.10. The van der Waals surface area contributed by atoms with Crippen molar-refractivity contribution in [2.24, 2.45) is 0 Å². The lowest BCUT2D eigenvalue weighted by Gasteiger charge is -2.26. The van der Waals surface area contributed by atoms with E-state index in [0.717, 1.165) is 4.90 Å². The first-order valence-corrected chi connectivity index (χ1v) is 8.96. The van der Waals surface area contributed by atoms with E-state index in [1.165, 1.54) is 13.2 Å². The molecule has 0 saturated carbocycles. The summed E-state index contributed by atoms with van der Waals surface area (Å²) in [5, 5.41) is 0. The van der Waals surface area contributed by atoms with Crippen molar-refractivity contribution in [3.8, 4) is 0 Å². The molecular formula is C13H15Cl6NO3. The van der Waals surface area contributed by atoms with Gasteiger partial charge in [-0.3, -0.25) is 14.5 Å². The standard InChI is InChI=1S/C13H15Cl6NO3/c1-23-9-7-11(22)20(8(9)4-6-13(17,18)19)10(21)3-2-5-12(14,15)16/h7-8H,2-6H2,1H3/t8-/m1/s1. The third-order valence-electron chi connectivity index (χ3n) is 3.20. The lowest BCUT2D eigenvalue weighted by molar-refractivity contribution is -0.143. The molecule has 4 nitrogen and oxygen atoms in total. The molecule has 0 aromatic carbocycles. The van der Waals surface area contributed by atoms with Gasteiger partial charge in [0.05, 0.1) is 13.2 Å². The second-order valence-electron chi connectivity index (χ2n) is 4.99. The van der Waals surface area contributed by atoms with Crippen LogP contribution < -0.4 is 0 Å². The van der Waals surface area contributed by atoms with Gasteiger partial charge >= 0.3 is 0 Å². The summed E-state index contributed by atoms with van der Waals surface area (Å²) in [5.74, 6) is -0.490. The fourth-order valence-electron chi connectivity index (χ4n) is 2.19. The Labute approximate surface area is 164 Å². The number of alkyl halides is 6. The Balaban J connectivity index is 2.73. The molecule has 0 unspecified atom stereocenters. The van der Waals surface area contributed by atoms with Gasteiger partial charge in [0.15, 0.2) is 7.59 Å². The van der Waals surface area contributed by atoms with E-state index in [-0.39, 0.29) is 31.6 Å². The number of amides is 2. The highest BCUT2D eigenvalue weighted by molar-refractivity contribution is 6.67. The Hall–Kier alpha value is 0.420. The first-order valence-electron chi connectivity index (χ1n) is 6.69. The second kappa shape index (κ2) is 8.68. The van der Waals surface area contributed by atoms with Crippen molar-refractivity contribution >= 4 is 81.4 Å². The molecule has 1 heterocycles. The molecule has 0 bridgehead atoms. The minimum absolute atomic E-state index is 0.0642. The maximum Gasteiger partial charge on any atom is 0.257 e. The predicted molar refractivity (Wildman–Crippen MR) is 94.4 cm³/mol. The lowest BCUT2D eigenvalue weighted by atomic mass is 10.1. The number of ether oxygens (including phenoxy) is 1. The van der Waals surface area contributed by atoms with E-state index in [0.29, 0.717) is 12.2 Å². The van der Waals surface area contributed by atoms with Gasteiger partial charge in [0.1, 0.15) is 5.76 Å². The molecule has 0 aliphatic carbocycles. The van der Waals surface area contributed by atoms with Crippen LogP contribution in [0.4, 0.5) is 0 Å². The number of hydrogen-bond donors (Lipinski definition) is 0. The van der Waals surface area contributed by atoms with Gasteiger partial charge in [-0.15, -0.1) is 0 Å². The van der Waals surface area contributed by atoms with Crippen LogP contribution in [-0.2, 0) is 14.3 Å². The molecule has 0 aromatic rings. The summed E-state index contributed by atoms with van der Waals surface area (Å²) in [6.45, 7) is 0. The van der Waals surface area contributed by atoms with Crippen molar-refractivity contribution in [1.82, 2.24) is 4.90 Å². The number of halogens is 6. The van der Waals surface area contributed by atoms with Crippen LogP contribution in [0.2, 0.25) is 0 Å². The molecule has 132 valence electrons. The summed E-state index contributed by atoms with van der Waals surface area (Å²) in [6.07, 6.45) is 2.30. The third-order valence-corrected chi connectivity index (χ3v) is 4.33. The normalized spacial score (nSPS) is 19.1. The molecular weight excluding hydrogens is 431 g/mol. The van der Waals surface area contributed by atoms with Gasteiger partial charge in [-0.25, -0.2) is 0 Å². The zero-order valence-electron chi connectivity index (χ0n) is 12.1. The monoisotopic (exact) mass is 443 g/mol. The summed E-state index contributed by atoms with van der Waals surface area (Å²) >= 11 is 34.1. The number of nitrogens with zero attached hydrogens (tertiary/aromatic N) is 1. The van der Waals surface area contributed by atoms with Crippen molar-refractivity contribution in [2.45, 2.75) is 45.7 Å². The molecule has 1 aliphatic heterocycles. The van der Waals surface area contributed by atoms with Crippen LogP contribution in [0.25, 0.3) is 0 Å². The Morgan fingerprint density at radius 3 is 2.22 bits per heavy atom. The van der Waals surface area contributed by atoms with Gasteiger partial charge < -0.3 is 4.74 Å². The first kappa shape index (κ1) is 21.5. The highest BCUT2D eigenvalue weighted by Gasteiger charge is 2.39. The minimum atomic E-state index is -1.48. The molecule has 1 rings (SSSR count). The smallest absolute Gasteiger partial charge is 0.257 e. The van der Waals surface area contributed by atoms with Crippen molar-refractivity contribution in [3.05, 3.63) is 11.8 Å². The fraction of sp³-hybridized carbons (Fsp3) is 0.692. The van der Waals surface area contributed by atoms with Gasteiger partial charge in [-0.1, -0.05) is 69.6 Å². The van der Waals surface area contributed by atoms with Gasteiger partial charge in [0.25, 0.3) is 5.91 Å². The number of rotatable bonds is 6. The van der Waals surface area contributed by atoms with Gasteiger partial charge in [0.2, 0.25) is 5.91 Å². The molecule has 0 fully saturated rings. The van der Waals surface area contributed by atoms with Gasteiger partial charge in [-0.05, 0) is 25.7 Å². The van der Waals surface area contributed by atoms with E-state index in [4.69, 9.17) is 74.3 Å². The number of hydrogen-bond acceptors (Lipinski definition) is 3. The van der Waals surface area contributed by atoms with Crippen molar-refractivity contribution < 1.29 is 14.3 Å². The Morgan fingerprint density at radius 2 is 1.74 bits per heavy atom. The molecule has 1 atom stereocenters. The predicted octanol–water partition coefficient (Wildman–Crippen LogP) is 4.95. The lowest BCUT2D eigenvalue weighted by Crippen LogP contribution is -2.41. The van der Waals surface area contributed by atoms with E-state index in [2.05, 4.69) is 0 Å². The van der Waals surface area contributed by atoms with Crippen molar-refractivity contribution in [3.63, 3.8) is 0 Å². The van der Waals surface area contributed by atoms with Crippen LogP contribution in [0.5, 0.6) is 0 Å². The molecule has 2 amide bonds. The van der Waals surface area contributed by atoms with E-state index in [9.17, 15) is 9.59 Å². The Bertz CT molecular complexity index is 483. The van der Waals surface area contributed by atoms with Crippen LogP contribution in [0.1, 0.15) is 32.1 Å².